The number of carbonyl (C=O) groups is 1. The molecule has 110 valence electrons. The largest absolute Gasteiger partial charge is 0.508 e. The number of amides is 1. The molecule has 0 heterocycles. The Labute approximate surface area is 125 Å². The normalized spacial score (nSPS) is 10.7. The van der Waals surface area contributed by atoms with Crippen molar-refractivity contribution < 1.29 is 18.7 Å². The van der Waals surface area contributed by atoms with Gasteiger partial charge in [0.2, 0.25) is 0 Å². The second kappa shape index (κ2) is 6.58. The van der Waals surface area contributed by atoms with Gasteiger partial charge in [-0.05, 0) is 36.8 Å². The lowest BCUT2D eigenvalue weighted by molar-refractivity contribution is 0.102. The summed E-state index contributed by atoms with van der Waals surface area (Å²) in [5.41, 5.74) is 1.23. The van der Waals surface area contributed by atoms with Crippen molar-refractivity contribution in [1.29, 1.82) is 0 Å². The Bertz CT molecular complexity index is 662. The van der Waals surface area contributed by atoms with Crippen LogP contribution < -0.4 is 5.32 Å². The van der Waals surface area contributed by atoms with Crippen LogP contribution in [0.1, 0.15) is 15.9 Å². The number of thioether (sulfide) groups is 1. The Morgan fingerprint density at radius 3 is 2.62 bits per heavy atom. The van der Waals surface area contributed by atoms with E-state index >= 15 is 0 Å². The van der Waals surface area contributed by atoms with Crippen LogP contribution in [-0.4, -0.2) is 16.8 Å². The number of phenols is 1. The van der Waals surface area contributed by atoms with E-state index < -0.39 is 11.7 Å². The van der Waals surface area contributed by atoms with Crippen LogP contribution in [0.4, 0.5) is 14.5 Å². The molecule has 0 fully saturated rings. The predicted octanol–water partition coefficient (Wildman–Crippen LogP) is 4.27. The van der Waals surface area contributed by atoms with E-state index in [1.54, 1.807) is 37.3 Å². The number of aromatic hydroxyl groups is 1. The maximum absolute atomic E-state index is 12.5. The average Bonchev–Trinajstić information content (AvgIpc) is 2.43. The second-order valence-corrected chi connectivity index (χ2v) is 5.36. The number of phenolic OH excluding ortho intramolecular Hbond substituents is 1. The molecule has 0 aromatic heterocycles. The van der Waals surface area contributed by atoms with E-state index in [-0.39, 0.29) is 16.2 Å². The van der Waals surface area contributed by atoms with Crippen molar-refractivity contribution in [3.05, 3.63) is 53.6 Å². The van der Waals surface area contributed by atoms with Crippen molar-refractivity contribution in [2.45, 2.75) is 17.6 Å². The minimum atomic E-state index is -2.56. The van der Waals surface area contributed by atoms with Gasteiger partial charge in [0.1, 0.15) is 5.75 Å². The number of para-hydroxylation sites is 1. The highest BCUT2D eigenvalue weighted by atomic mass is 32.2. The summed E-state index contributed by atoms with van der Waals surface area (Å²) in [6.45, 7) is 1.71. The number of hydrogen-bond donors (Lipinski definition) is 2. The summed E-state index contributed by atoms with van der Waals surface area (Å²) >= 11 is 0.370. The molecule has 0 aliphatic heterocycles. The van der Waals surface area contributed by atoms with E-state index in [4.69, 9.17) is 0 Å². The molecule has 0 spiro atoms. The van der Waals surface area contributed by atoms with Gasteiger partial charge in [0.05, 0.1) is 5.69 Å². The summed E-state index contributed by atoms with van der Waals surface area (Å²) in [6, 6.07) is 10.9. The highest BCUT2D eigenvalue weighted by Crippen LogP contribution is 2.32. The van der Waals surface area contributed by atoms with Gasteiger partial charge in [-0.25, -0.2) is 0 Å². The maximum atomic E-state index is 12.5. The van der Waals surface area contributed by atoms with Crippen LogP contribution in [0.5, 0.6) is 5.75 Å². The molecule has 0 atom stereocenters. The van der Waals surface area contributed by atoms with Gasteiger partial charge in [-0.3, -0.25) is 4.79 Å². The minimum Gasteiger partial charge on any atom is -0.508 e. The lowest BCUT2D eigenvalue weighted by atomic mass is 10.1. The van der Waals surface area contributed by atoms with Gasteiger partial charge >= 0.3 is 0 Å². The molecule has 0 aliphatic rings. The van der Waals surface area contributed by atoms with Crippen LogP contribution in [0.15, 0.2) is 47.4 Å². The molecule has 6 heteroatoms. The Morgan fingerprint density at radius 2 is 1.95 bits per heavy atom. The molecule has 21 heavy (non-hydrogen) atoms. The number of hydrogen-bond acceptors (Lipinski definition) is 3. The Morgan fingerprint density at radius 1 is 1.24 bits per heavy atom. The average molecular weight is 309 g/mol. The van der Waals surface area contributed by atoms with E-state index in [0.717, 1.165) is 0 Å². The standard InChI is InChI=1S/C15H13F2NO2S/c1-9-6-7-10(8-12(9)19)14(20)18-11-4-2-3-5-13(11)21-15(16)17/h2-8,15,19H,1H3,(H,18,20). The molecule has 0 radical (unpaired) electrons. The number of nitrogens with one attached hydrogen (secondary N) is 1. The third-order valence-electron chi connectivity index (χ3n) is 2.82. The fraction of sp³-hybridized carbons (Fsp3) is 0.133. The van der Waals surface area contributed by atoms with Crippen LogP contribution in [0.2, 0.25) is 0 Å². The number of anilines is 1. The van der Waals surface area contributed by atoms with Gasteiger partial charge in [0, 0.05) is 10.5 Å². The van der Waals surface area contributed by atoms with Crippen molar-refractivity contribution in [1.82, 2.24) is 0 Å². The van der Waals surface area contributed by atoms with Crippen molar-refractivity contribution >= 4 is 23.4 Å². The lowest BCUT2D eigenvalue weighted by Crippen LogP contribution is -2.12. The highest BCUT2D eigenvalue weighted by Gasteiger charge is 2.13. The number of carbonyl (C=O) groups excluding carboxylic acids is 1. The zero-order valence-electron chi connectivity index (χ0n) is 11.1. The molecule has 0 unspecified atom stereocenters. The first kappa shape index (κ1) is 15.3. The minimum absolute atomic E-state index is 0.0119. The van der Waals surface area contributed by atoms with Gasteiger partial charge in [-0.1, -0.05) is 30.0 Å². The highest BCUT2D eigenvalue weighted by molar-refractivity contribution is 7.99. The number of halogens is 2. The molecule has 3 nitrogen and oxygen atoms in total. The molecule has 2 rings (SSSR count). The Balaban J connectivity index is 2.21. The molecule has 0 saturated heterocycles. The fourth-order valence-electron chi connectivity index (χ4n) is 1.71. The SMILES string of the molecule is Cc1ccc(C(=O)Nc2ccccc2SC(F)F)cc1O. The fourth-order valence-corrected chi connectivity index (χ4v) is 2.31. The van der Waals surface area contributed by atoms with E-state index in [2.05, 4.69) is 5.32 Å². The van der Waals surface area contributed by atoms with Gasteiger partial charge in [-0.15, -0.1) is 0 Å². The summed E-state index contributed by atoms with van der Waals surface area (Å²) < 4.78 is 25.0. The molecule has 0 bridgehead atoms. The van der Waals surface area contributed by atoms with Crippen molar-refractivity contribution in [2.24, 2.45) is 0 Å². The summed E-state index contributed by atoms with van der Waals surface area (Å²) in [5.74, 6) is -3.02. The smallest absolute Gasteiger partial charge is 0.288 e. The summed E-state index contributed by atoms with van der Waals surface area (Å²) in [7, 11) is 0. The molecule has 2 aromatic carbocycles. The van der Waals surface area contributed by atoms with Crippen molar-refractivity contribution in [2.75, 3.05) is 5.32 Å². The number of aryl methyl sites for hydroxylation is 1. The van der Waals surface area contributed by atoms with Crippen LogP contribution >= 0.6 is 11.8 Å². The Kier molecular flexibility index (Phi) is 4.80. The Hall–Kier alpha value is -2.08. The lowest BCUT2D eigenvalue weighted by Gasteiger charge is -2.10. The number of benzene rings is 2. The van der Waals surface area contributed by atoms with Crippen LogP contribution in [-0.2, 0) is 0 Å². The van der Waals surface area contributed by atoms with Crippen LogP contribution in [0.3, 0.4) is 0 Å². The third kappa shape index (κ3) is 3.95. The molecule has 2 N–H and O–H groups in total. The topological polar surface area (TPSA) is 49.3 Å². The first-order valence-corrected chi connectivity index (χ1v) is 7.00. The van der Waals surface area contributed by atoms with Crippen LogP contribution in [0, 0.1) is 6.92 Å². The van der Waals surface area contributed by atoms with Crippen LogP contribution in [0.25, 0.3) is 0 Å². The van der Waals surface area contributed by atoms with Gasteiger partial charge in [0.15, 0.2) is 0 Å². The summed E-state index contributed by atoms with van der Waals surface area (Å²) in [5, 5.41) is 12.2. The first-order valence-electron chi connectivity index (χ1n) is 6.12. The maximum Gasteiger partial charge on any atom is 0.288 e. The zero-order chi connectivity index (χ0) is 15.4. The monoisotopic (exact) mass is 309 g/mol. The van der Waals surface area contributed by atoms with Gasteiger partial charge < -0.3 is 10.4 Å². The summed E-state index contributed by atoms with van der Waals surface area (Å²) in [4.78, 5) is 12.4. The van der Waals surface area contributed by atoms with E-state index in [0.29, 0.717) is 23.0 Å². The third-order valence-corrected chi connectivity index (χ3v) is 3.61. The van der Waals surface area contributed by atoms with Gasteiger partial charge in [0.25, 0.3) is 11.7 Å². The molecule has 2 aromatic rings. The summed E-state index contributed by atoms with van der Waals surface area (Å²) in [6.07, 6.45) is 0. The quantitative estimate of drug-likeness (QED) is 0.829. The molecule has 0 saturated carbocycles. The van der Waals surface area contributed by atoms with E-state index in [9.17, 15) is 18.7 Å². The zero-order valence-corrected chi connectivity index (χ0v) is 12.0. The number of alkyl halides is 2. The molecular weight excluding hydrogens is 296 g/mol. The number of rotatable bonds is 4. The molecule has 1 amide bonds. The van der Waals surface area contributed by atoms with E-state index in [1.807, 2.05) is 0 Å². The second-order valence-electron chi connectivity index (χ2n) is 4.33. The molecule has 0 aliphatic carbocycles. The predicted molar refractivity (Wildman–Crippen MR) is 79.1 cm³/mol. The molecular formula is C15H13F2NO2S. The first-order chi connectivity index (χ1) is 9.97. The van der Waals surface area contributed by atoms with Crippen molar-refractivity contribution in [3.63, 3.8) is 0 Å². The van der Waals surface area contributed by atoms with Crippen molar-refractivity contribution in [3.8, 4) is 5.75 Å². The van der Waals surface area contributed by atoms with E-state index in [1.165, 1.54) is 12.1 Å². The van der Waals surface area contributed by atoms with Gasteiger partial charge in [-0.2, -0.15) is 8.78 Å².